The summed E-state index contributed by atoms with van der Waals surface area (Å²) in [6.45, 7) is 2.51. The molecule has 0 radical (unpaired) electrons. The monoisotopic (exact) mass is 411 g/mol. The molecular weight excluding hydrogens is 390 g/mol. The Kier molecular flexibility index (Phi) is 6.70. The van der Waals surface area contributed by atoms with Crippen molar-refractivity contribution in [1.82, 2.24) is 4.90 Å². The van der Waals surface area contributed by atoms with Crippen molar-refractivity contribution < 1.29 is 9.84 Å². The Labute approximate surface area is 158 Å². The summed E-state index contributed by atoms with van der Waals surface area (Å²) >= 11 is 3.52. The lowest BCUT2D eigenvalue weighted by atomic mass is 9.85. The molecule has 1 unspecified atom stereocenters. The van der Waals surface area contributed by atoms with Crippen molar-refractivity contribution in [3.8, 4) is 5.75 Å². The minimum atomic E-state index is -0.807. The zero-order valence-electron chi connectivity index (χ0n) is 13.7. The number of rotatable bonds is 4. The van der Waals surface area contributed by atoms with Gasteiger partial charge >= 0.3 is 0 Å². The first kappa shape index (κ1) is 19.3. The highest BCUT2D eigenvalue weighted by Gasteiger charge is 2.35. The molecule has 1 saturated heterocycles. The summed E-state index contributed by atoms with van der Waals surface area (Å²) in [5, 5.41) is 11.2. The van der Waals surface area contributed by atoms with Crippen molar-refractivity contribution in [1.29, 1.82) is 0 Å². The highest BCUT2D eigenvalue weighted by atomic mass is 79.9. The van der Waals surface area contributed by atoms with Gasteiger partial charge in [0, 0.05) is 17.6 Å². The summed E-state index contributed by atoms with van der Waals surface area (Å²) in [6, 6.07) is 16.1. The third-order valence-electron chi connectivity index (χ3n) is 4.45. The molecule has 1 heterocycles. The number of β-amino-alcohol motifs (C(OH)–C–C–N with tert-alkyl or cyclic N) is 1. The Morgan fingerprint density at radius 2 is 2.00 bits per heavy atom. The molecular formula is C19H23BrClNO2. The van der Waals surface area contributed by atoms with E-state index in [1.807, 2.05) is 30.3 Å². The molecule has 2 aromatic carbocycles. The van der Waals surface area contributed by atoms with Crippen LogP contribution in [0.3, 0.4) is 0 Å². The Morgan fingerprint density at radius 1 is 1.21 bits per heavy atom. The lowest BCUT2D eigenvalue weighted by Gasteiger charge is -2.39. The van der Waals surface area contributed by atoms with E-state index < -0.39 is 5.60 Å². The smallest absolute Gasteiger partial charge is 0.119 e. The van der Waals surface area contributed by atoms with E-state index in [1.165, 1.54) is 5.56 Å². The van der Waals surface area contributed by atoms with Crippen LogP contribution in [-0.2, 0) is 12.1 Å². The maximum atomic E-state index is 11.2. The topological polar surface area (TPSA) is 32.7 Å². The predicted octanol–water partition coefficient (Wildman–Crippen LogP) is 4.36. The van der Waals surface area contributed by atoms with Gasteiger partial charge in [-0.3, -0.25) is 4.90 Å². The number of ether oxygens (including phenoxy) is 1. The molecule has 0 saturated carbocycles. The van der Waals surface area contributed by atoms with Gasteiger partial charge in [-0.2, -0.15) is 0 Å². The molecule has 0 amide bonds. The van der Waals surface area contributed by atoms with E-state index >= 15 is 0 Å². The summed E-state index contributed by atoms with van der Waals surface area (Å²) in [7, 11) is 1.66. The number of hydrogen-bond acceptors (Lipinski definition) is 3. The van der Waals surface area contributed by atoms with Gasteiger partial charge in [0.2, 0.25) is 0 Å². The number of piperidine rings is 1. The van der Waals surface area contributed by atoms with Crippen molar-refractivity contribution in [2.45, 2.75) is 25.0 Å². The second-order valence-electron chi connectivity index (χ2n) is 6.21. The van der Waals surface area contributed by atoms with Crippen LogP contribution in [-0.4, -0.2) is 30.2 Å². The minimum Gasteiger partial charge on any atom is -0.497 e. The van der Waals surface area contributed by atoms with Gasteiger partial charge in [0.1, 0.15) is 11.4 Å². The number of methoxy groups -OCH3 is 1. The Morgan fingerprint density at radius 3 is 2.75 bits per heavy atom. The van der Waals surface area contributed by atoms with Crippen LogP contribution in [0.25, 0.3) is 0 Å². The maximum Gasteiger partial charge on any atom is 0.119 e. The fourth-order valence-corrected chi connectivity index (χ4v) is 3.75. The Balaban J connectivity index is 0.00000208. The summed E-state index contributed by atoms with van der Waals surface area (Å²) < 4.78 is 6.39. The van der Waals surface area contributed by atoms with Crippen molar-refractivity contribution >= 4 is 28.3 Å². The molecule has 1 N–H and O–H groups in total. The van der Waals surface area contributed by atoms with Crippen LogP contribution in [0, 0.1) is 0 Å². The van der Waals surface area contributed by atoms with E-state index in [4.69, 9.17) is 4.74 Å². The van der Waals surface area contributed by atoms with Gasteiger partial charge in [-0.1, -0.05) is 40.2 Å². The molecule has 1 aliphatic rings. The number of likely N-dealkylation sites (tertiary alicyclic amines) is 1. The summed E-state index contributed by atoms with van der Waals surface area (Å²) in [5.41, 5.74) is 1.39. The van der Waals surface area contributed by atoms with E-state index in [-0.39, 0.29) is 12.4 Å². The summed E-state index contributed by atoms with van der Waals surface area (Å²) in [6.07, 6.45) is 1.77. The number of hydrogen-bond donors (Lipinski definition) is 1. The van der Waals surface area contributed by atoms with Gasteiger partial charge in [-0.05, 0) is 54.8 Å². The van der Waals surface area contributed by atoms with Crippen LogP contribution in [0.5, 0.6) is 5.75 Å². The molecule has 0 aliphatic carbocycles. The SMILES string of the molecule is COc1cccc(C2(O)CCCN(Cc3cccc(Br)c3)C2)c1.Cl. The van der Waals surface area contributed by atoms with Crippen LogP contribution >= 0.6 is 28.3 Å². The Bertz CT molecular complexity index is 682. The molecule has 1 fully saturated rings. The molecule has 0 spiro atoms. The molecule has 3 rings (SSSR count). The first-order chi connectivity index (χ1) is 11.1. The fraction of sp³-hybridized carbons (Fsp3) is 0.368. The van der Waals surface area contributed by atoms with Gasteiger partial charge in [0.25, 0.3) is 0 Å². The number of aliphatic hydroxyl groups is 1. The van der Waals surface area contributed by atoms with Gasteiger partial charge in [0.05, 0.1) is 7.11 Å². The van der Waals surface area contributed by atoms with Crippen molar-refractivity contribution in [3.05, 3.63) is 64.1 Å². The van der Waals surface area contributed by atoms with Crippen LogP contribution in [0.1, 0.15) is 24.0 Å². The third kappa shape index (κ3) is 4.51. The molecule has 5 heteroatoms. The second-order valence-corrected chi connectivity index (χ2v) is 7.12. The molecule has 2 aromatic rings. The van der Waals surface area contributed by atoms with Crippen LogP contribution in [0.15, 0.2) is 53.0 Å². The highest BCUT2D eigenvalue weighted by Crippen LogP contribution is 2.33. The van der Waals surface area contributed by atoms with Gasteiger partial charge < -0.3 is 9.84 Å². The predicted molar refractivity (Wildman–Crippen MR) is 103 cm³/mol. The van der Waals surface area contributed by atoms with E-state index in [2.05, 4.69) is 39.0 Å². The molecule has 24 heavy (non-hydrogen) atoms. The lowest BCUT2D eigenvalue weighted by molar-refractivity contribution is -0.0382. The fourth-order valence-electron chi connectivity index (χ4n) is 3.30. The number of benzene rings is 2. The Hall–Kier alpha value is -1.07. The normalized spacial score (nSPS) is 21.1. The molecule has 0 aromatic heterocycles. The van der Waals surface area contributed by atoms with Crippen molar-refractivity contribution in [3.63, 3.8) is 0 Å². The first-order valence-electron chi connectivity index (χ1n) is 7.93. The zero-order valence-corrected chi connectivity index (χ0v) is 16.1. The van der Waals surface area contributed by atoms with Crippen molar-refractivity contribution in [2.24, 2.45) is 0 Å². The number of nitrogens with zero attached hydrogens (tertiary/aromatic N) is 1. The minimum absolute atomic E-state index is 0. The summed E-state index contributed by atoms with van der Waals surface area (Å²) in [4.78, 5) is 2.32. The van der Waals surface area contributed by atoms with Gasteiger partial charge in [0.15, 0.2) is 0 Å². The zero-order chi connectivity index (χ0) is 16.3. The van der Waals surface area contributed by atoms with Crippen LogP contribution in [0.2, 0.25) is 0 Å². The third-order valence-corrected chi connectivity index (χ3v) is 4.95. The maximum absolute atomic E-state index is 11.2. The molecule has 1 aliphatic heterocycles. The largest absolute Gasteiger partial charge is 0.497 e. The van der Waals surface area contributed by atoms with Crippen molar-refractivity contribution in [2.75, 3.05) is 20.2 Å². The first-order valence-corrected chi connectivity index (χ1v) is 8.72. The van der Waals surface area contributed by atoms with Crippen LogP contribution < -0.4 is 4.74 Å². The standard InChI is InChI=1S/C19H22BrNO2.ClH/c1-23-18-8-3-6-16(12-18)19(22)9-4-10-21(14-19)13-15-5-2-7-17(20)11-15;/h2-3,5-8,11-12,22H,4,9-10,13-14H2,1H3;1H. The average molecular weight is 413 g/mol. The average Bonchev–Trinajstić information content (AvgIpc) is 2.55. The second kappa shape index (κ2) is 8.34. The van der Waals surface area contributed by atoms with Gasteiger partial charge in [-0.25, -0.2) is 0 Å². The van der Waals surface area contributed by atoms with E-state index in [0.717, 1.165) is 41.7 Å². The quantitative estimate of drug-likeness (QED) is 0.810. The number of halogens is 2. The summed E-state index contributed by atoms with van der Waals surface area (Å²) in [5.74, 6) is 0.792. The molecule has 3 nitrogen and oxygen atoms in total. The molecule has 130 valence electrons. The van der Waals surface area contributed by atoms with E-state index in [1.54, 1.807) is 7.11 Å². The van der Waals surface area contributed by atoms with E-state index in [9.17, 15) is 5.11 Å². The van der Waals surface area contributed by atoms with Crippen LogP contribution in [0.4, 0.5) is 0 Å². The van der Waals surface area contributed by atoms with E-state index in [0.29, 0.717) is 6.54 Å². The highest BCUT2D eigenvalue weighted by molar-refractivity contribution is 9.10. The molecule has 0 bridgehead atoms. The van der Waals surface area contributed by atoms with Gasteiger partial charge in [-0.15, -0.1) is 12.4 Å². The lowest BCUT2D eigenvalue weighted by Crippen LogP contribution is -2.45. The molecule has 1 atom stereocenters.